The number of ether oxygens (including phenoxy) is 3. The Kier molecular flexibility index (Phi) is 10.8. The van der Waals surface area contributed by atoms with Gasteiger partial charge in [0.25, 0.3) is 0 Å². The van der Waals surface area contributed by atoms with Crippen molar-refractivity contribution < 1.29 is 23.8 Å². The first-order valence-corrected chi connectivity index (χ1v) is 17.0. The summed E-state index contributed by atoms with van der Waals surface area (Å²) in [5.74, 6) is 0.532. The third kappa shape index (κ3) is 9.13. The monoisotopic (exact) mass is 656 g/mol. The number of benzene rings is 2. The van der Waals surface area contributed by atoms with Gasteiger partial charge in [-0.3, -0.25) is 4.79 Å². The summed E-state index contributed by atoms with van der Waals surface area (Å²) in [7, 11) is 0. The average molecular weight is 657 g/mol. The third-order valence-corrected chi connectivity index (χ3v) is 9.16. The van der Waals surface area contributed by atoms with Crippen molar-refractivity contribution in [1.82, 2.24) is 9.47 Å². The predicted molar refractivity (Wildman–Crippen MR) is 184 cm³/mol. The number of halogens is 1. The van der Waals surface area contributed by atoms with Crippen LogP contribution in [0.2, 0.25) is 5.02 Å². The second-order valence-corrected chi connectivity index (χ2v) is 16.7. The maximum atomic E-state index is 13.1. The van der Waals surface area contributed by atoms with Crippen molar-refractivity contribution in [2.24, 2.45) is 5.41 Å². The number of rotatable bonds is 10. The molecule has 0 N–H and O–H groups in total. The van der Waals surface area contributed by atoms with Crippen molar-refractivity contribution >= 4 is 46.3 Å². The summed E-state index contributed by atoms with van der Waals surface area (Å²) >= 11 is 8.01. The molecule has 1 fully saturated rings. The van der Waals surface area contributed by atoms with E-state index in [0.717, 1.165) is 45.6 Å². The number of fused-ring (bicyclic) bond motifs is 1. The molecular weight excluding hydrogens is 608 g/mol. The van der Waals surface area contributed by atoms with Gasteiger partial charge in [-0.15, -0.1) is 11.8 Å². The van der Waals surface area contributed by atoms with E-state index in [1.54, 1.807) is 16.7 Å². The second kappa shape index (κ2) is 13.9. The number of hydrogen-bond acceptors (Lipinski definition) is 6. The summed E-state index contributed by atoms with van der Waals surface area (Å²) in [5.41, 5.74) is 1.98. The molecule has 7 nitrogen and oxygen atoms in total. The fourth-order valence-corrected chi connectivity index (χ4v) is 6.89. The molecule has 1 aliphatic rings. The highest BCUT2D eigenvalue weighted by atomic mass is 35.5. The number of carbonyl (C=O) groups excluding carboxylic acids is 2. The van der Waals surface area contributed by atoms with Gasteiger partial charge in [0, 0.05) is 50.8 Å². The quantitative estimate of drug-likeness (QED) is 0.160. The zero-order valence-corrected chi connectivity index (χ0v) is 29.9. The minimum Gasteiger partial charge on any atom is -0.491 e. The van der Waals surface area contributed by atoms with Crippen LogP contribution in [0.4, 0.5) is 4.79 Å². The van der Waals surface area contributed by atoms with Crippen LogP contribution in [0, 0.1) is 5.41 Å². The molecule has 1 atom stereocenters. The van der Waals surface area contributed by atoms with Crippen molar-refractivity contribution in [2.45, 2.75) is 109 Å². The topological polar surface area (TPSA) is 70.0 Å². The molecule has 3 aromatic rings. The van der Waals surface area contributed by atoms with E-state index in [1.807, 2.05) is 71.9 Å². The molecule has 4 rings (SSSR count). The highest BCUT2D eigenvalue weighted by molar-refractivity contribution is 8.00. The normalized spacial score (nSPS) is 15.9. The highest BCUT2D eigenvalue weighted by Gasteiger charge is 2.35. The van der Waals surface area contributed by atoms with Gasteiger partial charge in [0.2, 0.25) is 0 Å². The molecule has 0 saturated carbocycles. The molecule has 1 amide bonds. The predicted octanol–water partition coefficient (Wildman–Crippen LogP) is 9.14. The number of hydrogen-bond donors (Lipinski definition) is 0. The smallest absolute Gasteiger partial charge is 0.410 e. The van der Waals surface area contributed by atoms with Crippen LogP contribution in [0.3, 0.4) is 0 Å². The number of amides is 1. The Hall–Kier alpha value is -2.84. The fraction of sp³-hybridized carbons (Fsp3) is 0.556. The van der Waals surface area contributed by atoms with Gasteiger partial charge >= 0.3 is 12.1 Å². The van der Waals surface area contributed by atoms with E-state index in [2.05, 4.69) is 37.5 Å². The summed E-state index contributed by atoms with van der Waals surface area (Å²) in [6.45, 7) is 20.0. The van der Waals surface area contributed by atoms with E-state index >= 15 is 0 Å². The first-order valence-electron chi connectivity index (χ1n) is 15.9. The Morgan fingerprint density at radius 3 is 2.31 bits per heavy atom. The van der Waals surface area contributed by atoms with Gasteiger partial charge in [0.1, 0.15) is 18.0 Å². The van der Waals surface area contributed by atoms with Gasteiger partial charge in [-0.05, 0) is 90.3 Å². The molecule has 1 aromatic heterocycles. The molecule has 246 valence electrons. The fourth-order valence-electron chi connectivity index (χ4n) is 5.57. The van der Waals surface area contributed by atoms with Crippen LogP contribution in [0.15, 0.2) is 47.4 Å². The Bertz CT molecular complexity index is 1500. The minimum absolute atomic E-state index is 0.0468. The van der Waals surface area contributed by atoms with E-state index in [4.69, 9.17) is 25.8 Å². The Labute approximate surface area is 277 Å². The Morgan fingerprint density at radius 1 is 1.00 bits per heavy atom. The number of aromatic nitrogens is 1. The summed E-state index contributed by atoms with van der Waals surface area (Å²) in [4.78, 5) is 28.9. The van der Waals surface area contributed by atoms with Crippen LogP contribution < -0.4 is 4.74 Å². The first-order chi connectivity index (χ1) is 21.0. The average Bonchev–Trinajstić information content (AvgIpc) is 3.50. The standard InChI is InChI=1S/C36H49ClN2O5S/c1-10-42-32(40)36(8,9)21-30-31(45-35(5,6)7)28-20-27(17-18-29(28)39(30)22-24-13-15-25(37)16-14-24)43-23-26-12-11-19-38(26)33(41)44-34(2,3)4/h13-18,20,26H,10-12,19,21-23H2,1-9H3/t26-/m0/s1. The number of likely N-dealkylation sites (tertiary alicyclic amines) is 1. The number of carbonyl (C=O) groups is 2. The number of esters is 1. The summed E-state index contributed by atoms with van der Waals surface area (Å²) < 4.78 is 19.8. The van der Waals surface area contributed by atoms with Crippen molar-refractivity contribution in [2.75, 3.05) is 19.8 Å². The lowest BCUT2D eigenvalue weighted by Gasteiger charge is -2.28. The zero-order chi connectivity index (χ0) is 33.2. The number of nitrogens with zero attached hydrogens (tertiary/aromatic N) is 2. The molecular formula is C36H49ClN2O5S. The molecule has 0 radical (unpaired) electrons. The van der Waals surface area contributed by atoms with Crippen LogP contribution >= 0.6 is 23.4 Å². The van der Waals surface area contributed by atoms with Gasteiger partial charge in [-0.25, -0.2) is 4.79 Å². The maximum Gasteiger partial charge on any atom is 0.410 e. The van der Waals surface area contributed by atoms with Crippen molar-refractivity contribution in [3.8, 4) is 5.75 Å². The maximum absolute atomic E-state index is 13.1. The van der Waals surface area contributed by atoms with Gasteiger partial charge in [0.15, 0.2) is 0 Å². The molecule has 1 aliphatic heterocycles. The van der Waals surface area contributed by atoms with Crippen LogP contribution in [0.25, 0.3) is 10.9 Å². The molecule has 9 heteroatoms. The van der Waals surface area contributed by atoms with E-state index in [0.29, 0.717) is 37.7 Å². The van der Waals surface area contributed by atoms with E-state index < -0.39 is 11.0 Å². The molecule has 1 saturated heterocycles. The SMILES string of the molecule is CCOC(=O)C(C)(C)Cc1c(SC(C)(C)C)c2cc(OC[C@@H]3CCCN3C(=O)OC(C)(C)C)ccc2n1Cc1ccc(Cl)cc1. The van der Waals surface area contributed by atoms with E-state index in [9.17, 15) is 9.59 Å². The van der Waals surface area contributed by atoms with Gasteiger partial charge in [-0.1, -0.05) is 44.5 Å². The van der Waals surface area contributed by atoms with Crippen molar-refractivity contribution in [3.63, 3.8) is 0 Å². The molecule has 0 bridgehead atoms. The molecule has 2 aromatic carbocycles. The molecule has 0 spiro atoms. The van der Waals surface area contributed by atoms with Crippen LogP contribution in [-0.4, -0.2) is 57.7 Å². The Morgan fingerprint density at radius 2 is 1.69 bits per heavy atom. The van der Waals surface area contributed by atoms with Crippen LogP contribution in [0.5, 0.6) is 5.75 Å². The van der Waals surface area contributed by atoms with E-state index in [1.165, 1.54) is 0 Å². The van der Waals surface area contributed by atoms with Crippen molar-refractivity contribution in [3.05, 3.63) is 58.7 Å². The van der Waals surface area contributed by atoms with Crippen molar-refractivity contribution in [1.29, 1.82) is 0 Å². The van der Waals surface area contributed by atoms with Gasteiger partial charge in [-0.2, -0.15) is 0 Å². The number of thioether (sulfide) groups is 1. The zero-order valence-electron chi connectivity index (χ0n) is 28.3. The molecule has 0 aliphatic carbocycles. The van der Waals surface area contributed by atoms with Gasteiger partial charge in [0.05, 0.1) is 18.1 Å². The summed E-state index contributed by atoms with van der Waals surface area (Å²) in [6, 6.07) is 14.1. The van der Waals surface area contributed by atoms with Gasteiger partial charge < -0.3 is 23.7 Å². The summed E-state index contributed by atoms with van der Waals surface area (Å²) in [6.07, 6.45) is 2.01. The lowest BCUT2D eigenvalue weighted by molar-refractivity contribution is -0.153. The Balaban J connectivity index is 1.74. The lowest BCUT2D eigenvalue weighted by Crippen LogP contribution is -2.42. The lowest BCUT2D eigenvalue weighted by atomic mass is 9.87. The van der Waals surface area contributed by atoms with Crippen LogP contribution in [0.1, 0.15) is 86.4 Å². The third-order valence-electron chi connectivity index (χ3n) is 7.64. The molecule has 0 unspecified atom stereocenters. The largest absolute Gasteiger partial charge is 0.491 e. The summed E-state index contributed by atoms with van der Waals surface area (Å²) in [5, 5.41) is 1.77. The van der Waals surface area contributed by atoms with Crippen LogP contribution in [-0.2, 0) is 27.2 Å². The highest BCUT2D eigenvalue weighted by Crippen LogP contribution is 2.44. The molecule has 45 heavy (non-hydrogen) atoms. The second-order valence-electron chi connectivity index (χ2n) is 14.4. The van der Waals surface area contributed by atoms with E-state index in [-0.39, 0.29) is 22.9 Å². The first kappa shape index (κ1) is 35.0. The molecule has 2 heterocycles. The minimum atomic E-state index is -0.734.